The minimum atomic E-state index is -3.62. The van der Waals surface area contributed by atoms with Gasteiger partial charge < -0.3 is 15.3 Å². The molecular formula is C17H25KN6O3. The van der Waals surface area contributed by atoms with Crippen LogP contribution in [-0.4, -0.2) is 56.9 Å². The van der Waals surface area contributed by atoms with E-state index in [1.807, 2.05) is 5.21 Å². The maximum atomic E-state index is 13.2. The smallest absolute Gasteiger partial charge is 0.870 e. The molecule has 2 N–H and O–H groups in total. The van der Waals surface area contributed by atoms with E-state index in [0.29, 0.717) is 0 Å². The first-order valence-corrected chi connectivity index (χ1v) is 7.48. The minimum absolute atomic E-state index is 0. The molecule has 1 fully saturated rings. The first-order valence-electron chi connectivity index (χ1n) is 14.9. The second kappa shape index (κ2) is 10.1. The van der Waals surface area contributed by atoms with Gasteiger partial charge in [-0.1, -0.05) is 12.1 Å². The molecule has 0 spiro atoms. The van der Waals surface area contributed by atoms with Crippen molar-refractivity contribution in [2.45, 2.75) is 45.3 Å². The van der Waals surface area contributed by atoms with E-state index in [-0.39, 0.29) is 66.2 Å². The maximum absolute atomic E-state index is 13.2. The van der Waals surface area contributed by atoms with Crippen LogP contribution in [0.15, 0.2) is 4.79 Å². The molecule has 1 saturated heterocycles. The van der Waals surface area contributed by atoms with Gasteiger partial charge in [0.05, 0.1) is 6.93 Å². The van der Waals surface area contributed by atoms with Crippen LogP contribution in [-0.2, 0) is 0 Å². The molecular weight excluding hydrogens is 375 g/mol. The zero-order chi connectivity index (χ0) is 31.9. The van der Waals surface area contributed by atoms with Crippen molar-refractivity contribution in [3.8, 4) is 5.75 Å². The van der Waals surface area contributed by atoms with Crippen molar-refractivity contribution in [2.75, 3.05) is 26.1 Å². The Balaban J connectivity index is 0.00000616. The van der Waals surface area contributed by atoms with Gasteiger partial charge in [0.15, 0.2) is 7.06 Å². The van der Waals surface area contributed by atoms with Crippen molar-refractivity contribution in [2.24, 2.45) is 0 Å². The average Bonchev–Trinajstić information content (AvgIpc) is 3.28. The molecule has 9 nitrogen and oxygen atoms in total. The summed E-state index contributed by atoms with van der Waals surface area (Å²) in [5.41, 5.74) is -4.11. The number of nitrogens with one attached hydrogen (secondary N) is 2. The second-order valence-corrected chi connectivity index (χ2v) is 5.22. The van der Waals surface area contributed by atoms with Gasteiger partial charge in [0.2, 0.25) is 0 Å². The number of hydrogen-bond donors (Lipinski definition) is 2. The third-order valence-corrected chi connectivity index (χ3v) is 3.45. The van der Waals surface area contributed by atoms with Gasteiger partial charge in [-0.05, 0) is 52.5 Å². The van der Waals surface area contributed by atoms with E-state index in [1.54, 1.807) is 0 Å². The Labute approximate surface area is 221 Å². The molecule has 2 aromatic heterocycles. The Kier molecular flexibility index (Phi) is 3.51. The average molecular weight is 416 g/mol. The third kappa shape index (κ3) is 4.98. The molecule has 2 aromatic rings. The first kappa shape index (κ1) is 9.35. The van der Waals surface area contributed by atoms with Crippen LogP contribution in [0.2, 0.25) is 1.41 Å². The SMILES string of the molecule is [2H]N(CCCN1C([2H])([2H])C([2H])([2H])C([2H])([2H])C([2H])([2H])C1([2H])[2H])C(=O)c1c([O-])c2n[nH]nc2n(C([2H])(C)C([2H])([2H])[2H])c1=O.[K+]. The summed E-state index contributed by atoms with van der Waals surface area (Å²) in [6.07, 6.45) is -11.3. The fraction of sp³-hybridized carbons (Fsp3) is 0.647. The molecule has 142 valence electrons. The molecule has 0 saturated carbocycles. The van der Waals surface area contributed by atoms with E-state index in [2.05, 4.69) is 10.2 Å². The molecule has 1 aliphatic heterocycles. The van der Waals surface area contributed by atoms with Gasteiger partial charge in [-0.2, -0.15) is 10.3 Å². The van der Waals surface area contributed by atoms with Crippen molar-refractivity contribution in [1.82, 2.24) is 30.2 Å². The summed E-state index contributed by atoms with van der Waals surface area (Å²) in [5, 5.41) is 22.0. The standard InChI is InChI=1S/C17H26N6O3.K/c1-11(2)23-15-13(19-21-20-15)14(24)12(17(23)26)16(25)18-7-6-10-22-8-4-3-5-9-22;/h11,24H,3-10H2,1-2H3,(H,18,25)(H,19,20,21);/q;+1/p-1/i1D3,3D2,4D2,5D2,8D2,9D2,11D;/hD. The van der Waals surface area contributed by atoms with Gasteiger partial charge in [-0.3, -0.25) is 14.2 Å². The number of pyridine rings is 1. The summed E-state index contributed by atoms with van der Waals surface area (Å²) in [6, 6.07) is -2.75. The predicted octanol–water partition coefficient (Wildman–Crippen LogP) is -2.62. The molecule has 10 heteroatoms. The molecule has 1 aliphatic rings. The van der Waals surface area contributed by atoms with Crippen LogP contribution in [0.3, 0.4) is 0 Å². The monoisotopic (exact) mass is 415 g/mol. The Morgan fingerprint density at radius 2 is 2.22 bits per heavy atom. The Morgan fingerprint density at radius 3 is 2.93 bits per heavy atom. The predicted molar refractivity (Wildman–Crippen MR) is 95.2 cm³/mol. The number of aromatic nitrogens is 4. The van der Waals surface area contributed by atoms with E-state index < -0.39 is 98.4 Å². The number of aromatic amines is 1. The summed E-state index contributed by atoms with van der Waals surface area (Å²) >= 11 is 0. The summed E-state index contributed by atoms with van der Waals surface area (Å²) in [4.78, 5) is 26.3. The summed E-state index contributed by atoms with van der Waals surface area (Å²) in [5.74, 6) is -2.91. The molecule has 27 heavy (non-hydrogen) atoms. The quantitative estimate of drug-likeness (QED) is 0.499. The molecule has 3 heterocycles. The van der Waals surface area contributed by atoms with E-state index in [9.17, 15) is 14.7 Å². The number of H-pyrrole nitrogens is 1. The number of fused-ring (bicyclic) bond motifs is 1. The number of rotatable bonds is 6. The number of hydrogen-bond acceptors (Lipinski definition) is 6. The zero-order valence-corrected chi connectivity index (χ0v) is 17.7. The van der Waals surface area contributed by atoms with Gasteiger partial charge in [0, 0.05) is 30.4 Å². The number of likely N-dealkylation sites (tertiary alicyclic amines) is 1. The van der Waals surface area contributed by atoms with Gasteiger partial charge >= 0.3 is 51.4 Å². The van der Waals surface area contributed by atoms with Crippen LogP contribution in [0.25, 0.3) is 11.2 Å². The normalized spacial score (nSPS) is 35.2. The molecule has 1 atom stereocenters. The topological polar surface area (TPSA) is 119 Å². The number of amides is 1. The molecule has 3 rings (SSSR count). The molecule has 0 aromatic carbocycles. The van der Waals surface area contributed by atoms with Crippen LogP contribution in [0.1, 0.15) is 74.9 Å². The van der Waals surface area contributed by atoms with E-state index in [0.717, 1.165) is 6.92 Å². The van der Waals surface area contributed by atoms with Crippen molar-refractivity contribution in [3.05, 3.63) is 15.9 Å². The first-order chi connectivity index (χ1) is 18.2. The largest absolute Gasteiger partial charge is 1.00 e. The Hall–Kier alpha value is -0.784. The van der Waals surface area contributed by atoms with Gasteiger partial charge in [-0.15, -0.1) is 5.10 Å². The van der Waals surface area contributed by atoms with Crippen molar-refractivity contribution < 1.29 is 81.9 Å². The van der Waals surface area contributed by atoms with Crippen LogP contribution >= 0.6 is 0 Å². The minimum Gasteiger partial charge on any atom is -0.870 e. The van der Waals surface area contributed by atoms with Crippen LogP contribution in [0.4, 0.5) is 0 Å². The number of piperidine rings is 1. The van der Waals surface area contributed by atoms with Crippen LogP contribution in [0, 0.1) is 0 Å². The Bertz CT molecular complexity index is 1390. The fourth-order valence-corrected chi connectivity index (χ4v) is 2.31. The van der Waals surface area contributed by atoms with Crippen LogP contribution in [0.5, 0.6) is 5.75 Å². The van der Waals surface area contributed by atoms with Crippen molar-refractivity contribution in [3.63, 3.8) is 0 Å². The summed E-state index contributed by atoms with van der Waals surface area (Å²) in [6.45, 7) is -10.8. The second-order valence-electron chi connectivity index (χ2n) is 5.22. The molecule has 0 bridgehead atoms. The number of nitrogens with zero attached hydrogens (tertiary/aromatic N) is 4. The zero-order valence-electron chi connectivity index (χ0n) is 29.6. The van der Waals surface area contributed by atoms with Crippen molar-refractivity contribution >= 4 is 17.1 Å². The Morgan fingerprint density at radius 1 is 1.48 bits per heavy atom. The molecule has 1 unspecified atom stereocenters. The van der Waals surface area contributed by atoms with Crippen LogP contribution < -0.4 is 67.4 Å². The number of carbonyl (C=O) groups is 1. The van der Waals surface area contributed by atoms with E-state index in [4.69, 9.17) is 20.6 Å². The van der Waals surface area contributed by atoms with Gasteiger partial charge in [-0.25, -0.2) is 0 Å². The van der Waals surface area contributed by atoms with E-state index >= 15 is 0 Å². The van der Waals surface area contributed by atoms with Crippen molar-refractivity contribution in [1.29, 1.82) is 0 Å². The molecule has 0 aliphatic carbocycles. The summed E-state index contributed by atoms with van der Waals surface area (Å²) in [7, 11) is 0. The van der Waals surface area contributed by atoms with Gasteiger partial charge in [0.1, 0.15) is 5.52 Å². The molecule has 1 amide bonds. The third-order valence-electron chi connectivity index (χ3n) is 3.45. The van der Waals surface area contributed by atoms with E-state index in [1.165, 1.54) is 0 Å². The molecule has 0 radical (unpaired) electrons. The van der Waals surface area contributed by atoms with Gasteiger partial charge in [0.25, 0.3) is 11.5 Å². The number of carbonyl (C=O) groups excluding carboxylic acids is 1. The fourth-order valence-electron chi connectivity index (χ4n) is 2.31. The summed E-state index contributed by atoms with van der Waals surface area (Å²) < 4.78 is 119. The maximum Gasteiger partial charge on any atom is 1.00 e.